The third kappa shape index (κ3) is 3.99. The maximum Gasteiger partial charge on any atom is 0.0553 e. The Labute approximate surface area is 305 Å². The third-order valence-electron chi connectivity index (χ3n) is 11.4. The van der Waals surface area contributed by atoms with E-state index in [1.807, 2.05) is 0 Å². The van der Waals surface area contributed by atoms with E-state index in [-0.39, 0.29) is 0 Å². The molecule has 3 heteroatoms. The average Bonchev–Trinajstić information content (AvgIpc) is 3.86. The first-order valence-electron chi connectivity index (χ1n) is 18.3. The number of para-hydroxylation sites is 4. The smallest absolute Gasteiger partial charge is 0.0553 e. The molecule has 3 nitrogen and oxygen atoms in total. The summed E-state index contributed by atoms with van der Waals surface area (Å²) >= 11 is 0. The van der Waals surface area contributed by atoms with Gasteiger partial charge >= 0.3 is 0 Å². The van der Waals surface area contributed by atoms with Gasteiger partial charge in [-0.05, 0) is 101 Å². The van der Waals surface area contributed by atoms with Crippen LogP contribution in [-0.2, 0) is 0 Å². The van der Waals surface area contributed by atoms with Crippen molar-refractivity contribution in [1.29, 1.82) is 0 Å². The van der Waals surface area contributed by atoms with Crippen molar-refractivity contribution in [3.05, 3.63) is 188 Å². The molecule has 0 saturated carbocycles. The van der Waals surface area contributed by atoms with Crippen molar-refractivity contribution in [2.24, 2.45) is 0 Å². The number of hydrogen-bond donors (Lipinski definition) is 0. The van der Waals surface area contributed by atoms with Gasteiger partial charge in [-0.25, -0.2) is 0 Å². The first-order valence-corrected chi connectivity index (χ1v) is 18.3. The van der Waals surface area contributed by atoms with Gasteiger partial charge in [0.1, 0.15) is 0 Å². The van der Waals surface area contributed by atoms with Crippen molar-refractivity contribution >= 4 is 76.2 Å². The van der Waals surface area contributed by atoms with E-state index < -0.39 is 0 Å². The highest BCUT2D eigenvalue weighted by atomic mass is 15.0. The van der Waals surface area contributed by atoms with Gasteiger partial charge in [-0.3, -0.25) is 0 Å². The van der Waals surface area contributed by atoms with Crippen LogP contribution in [0.15, 0.2) is 188 Å². The molecular formula is C50H31N3. The van der Waals surface area contributed by atoms with Gasteiger partial charge in [0.25, 0.3) is 0 Å². The van der Waals surface area contributed by atoms with E-state index in [1.54, 1.807) is 0 Å². The minimum atomic E-state index is 1.14. The van der Waals surface area contributed by atoms with E-state index in [0.717, 1.165) is 11.4 Å². The molecule has 0 aliphatic heterocycles. The summed E-state index contributed by atoms with van der Waals surface area (Å²) in [6.07, 6.45) is 0. The lowest BCUT2D eigenvalue weighted by Crippen LogP contribution is -1.97. The Morgan fingerprint density at radius 2 is 0.717 bits per heavy atom. The van der Waals surface area contributed by atoms with Gasteiger partial charge < -0.3 is 13.7 Å². The molecule has 0 atom stereocenters. The molecule has 0 unspecified atom stereocenters. The molecule has 0 N–H and O–H groups in total. The third-order valence-corrected chi connectivity index (χ3v) is 11.4. The predicted octanol–water partition coefficient (Wildman–Crippen LogP) is 13.2. The monoisotopic (exact) mass is 673 g/mol. The molecule has 0 saturated heterocycles. The summed E-state index contributed by atoms with van der Waals surface area (Å²) in [7, 11) is 0. The van der Waals surface area contributed by atoms with Crippen LogP contribution < -0.4 is 0 Å². The summed E-state index contributed by atoms with van der Waals surface area (Å²) in [5.74, 6) is 0. The van der Waals surface area contributed by atoms with Crippen LogP contribution in [0, 0.1) is 0 Å². The molecule has 3 heterocycles. The van der Waals surface area contributed by atoms with Gasteiger partial charge in [0, 0.05) is 49.4 Å². The van der Waals surface area contributed by atoms with Crippen LogP contribution >= 0.6 is 0 Å². The minimum Gasteiger partial charge on any atom is -0.309 e. The lowest BCUT2D eigenvalue weighted by atomic mass is 9.97. The van der Waals surface area contributed by atoms with Crippen LogP contribution in [-0.4, -0.2) is 13.7 Å². The van der Waals surface area contributed by atoms with Gasteiger partial charge in [-0.1, -0.05) is 109 Å². The van der Waals surface area contributed by atoms with Gasteiger partial charge in [-0.15, -0.1) is 0 Å². The number of fused-ring (bicyclic) bond motifs is 6. The molecule has 3 aromatic heterocycles. The average molecular weight is 674 g/mol. The Morgan fingerprint density at radius 1 is 0.245 bits per heavy atom. The molecule has 0 aliphatic carbocycles. The molecule has 0 radical (unpaired) electrons. The molecule has 246 valence electrons. The Balaban J connectivity index is 1.06. The first-order chi connectivity index (χ1) is 26.3. The molecule has 0 aliphatic rings. The molecular weight excluding hydrogens is 643 g/mol. The fraction of sp³-hybridized carbons (Fsp3) is 0. The normalized spacial score (nSPS) is 12.2. The van der Waals surface area contributed by atoms with Crippen LogP contribution in [0.2, 0.25) is 0 Å². The Kier molecular flexibility index (Phi) is 5.77. The first kappa shape index (κ1) is 28.6. The van der Waals surface area contributed by atoms with Gasteiger partial charge in [0.2, 0.25) is 0 Å². The summed E-state index contributed by atoms with van der Waals surface area (Å²) in [5.41, 5.74) is 13.2. The molecule has 53 heavy (non-hydrogen) atoms. The summed E-state index contributed by atoms with van der Waals surface area (Å²) in [6.45, 7) is 0. The van der Waals surface area contributed by atoms with E-state index in [2.05, 4.69) is 202 Å². The lowest BCUT2D eigenvalue weighted by Gasteiger charge is -2.13. The van der Waals surface area contributed by atoms with Crippen molar-refractivity contribution in [1.82, 2.24) is 13.7 Å². The zero-order chi connectivity index (χ0) is 34.6. The second kappa shape index (κ2) is 10.7. The van der Waals surface area contributed by atoms with Crippen molar-refractivity contribution in [2.45, 2.75) is 0 Å². The van der Waals surface area contributed by atoms with E-state index >= 15 is 0 Å². The topological polar surface area (TPSA) is 14.8 Å². The zero-order valence-corrected chi connectivity index (χ0v) is 28.7. The van der Waals surface area contributed by atoms with E-state index in [0.29, 0.717) is 0 Å². The molecule has 0 bridgehead atoms. The Morgan fingerprint density at radius 3 is 1.38 bits per heavy atom. The maximum absolute atomic E-state index is 2.43. The summed E-state index contributed by atoms with van der Waals surface area (Å²) in [5, 5.41) is 10.2. The van der Waals surface area contributed by atoms with Gasteiger partial charge in [0.15, 0.2) is 0 Å². The number of rotatable bonds is 4. The highest BCUT2D eigenvalue weighted by molar-refractivity contribution is 6.25. The zero-order valence-electron chi connectivity index (χ0n) is 28.7. The van der Waals surface area contributed by atoms with Gasteiger partial charge in [-0.2, -0.15) is 0 Å². The number of nitrogens with zero attached hydrogens (tertiary/aromatic N) is 3. The van der Waals surface area contributed by atoms with Crippen LogP contribution in [0.1, 0.15) is 0 Å². The van der Waals surface area contributed by atoms with E-state index in [4.69, 9.17) is 0 Å². The minimum absolute atomic E-state index is 1.14. The molecule has 12 rings (SSSR count). The maximum atomic E-state index is 2.43. The summed E-state index contributed by atoms with van der Waals surface area (Å²) in [6, 6.07) is 69.0. The molecule has 9 aromatic carbocycles. The summed E-state index contributed by atoms with van der Waals surface area (Å²) in [4.78, 5) is 0. The van der Waals surface area contributed by atoms with Crippen LogP contribution in [0.5, 0.6) is 0 Å². The fourth-order valence-corrected chi connectivity index (χ4v) is 9.10. The van der Waals surface area contributed by atoms with Crippen LogP contribution in [0.3, 0.4) is 0 Å². The highest BCUT2D eigenvalue weighted by Gasteiger charge is 2.19. The highest BCUT2D eigenvalue weighted by Crippen LogP contribution is 2.42. The van der Waals surface area contributed by atoms with Crippen molar-refractivity contribution < 1.29 is 0 Å². The second-order valence-electron chi connectivity index (χ2n) is 14.2. The molecule has 0 amide bonds. The number of hydrogen-bond acceptors (Lipinski definition) is 0. The van der Waals surface area contributed by atoms with Crippen molar-refractivity contribution in [3.63, 3.8) is 0 Å². The van der Waals surface area contributed by atoms with Gasteiger partial charge in [0.05, 0.1) is 33.1 Å². The second-order valence-corrected chi connectivity index (χ2v) is 14.2. The van der Waals surface area contributed by atoms with Crippen LogP contribution in [0.25, 0.3) is 104 Å². The predicted molar refractivity (Wildman–Crippen MR) is 224 cm³/mol. The quantitative estimate of drug-likeness (QED) is 0.165. The van der Waals surface area contributed by atoms with Crippen molar-refractivity contribution in [3.8, 4) is 28.2 Å². The number of aromatic nitrogens is 3. The SMILES string of the molecule is c1ccc(-n2c3cccc4ccc5cc(-c6ccc7c8ccccc8n(-c8ccc(-n9c%10ccccc%10c%10ccccc%109)cc8)c7c6)cc2c5c43)cc1. The lowest BCUT2D eigenvalue weighted by molar-refractivity contribution is 1.14. The van der Waals surface area contributed by atoms with E-state index in [1.165, 1.54) is 93.0 Å². The summed E-state index contributed by atoms with van der Waals surface area (Å²) < 4.78 is 7.25. The standard InChI is InChI=1S/C50H31N3/c1-2-12-36(13-3-1)53-46-20-10-11-32-21-22-34-29-35(31-48(53)50(34)49(32)46)33-23-28-42-41-16-6-9-19-45(41)52(47(42)30-33)38-26-24-37(25-27-38)51-43-17-7-4-14-39(43)40-15-5-8-18-44(40)51/h1-31H. The van der Waals surface area contributed by atoms with Crippen molar-refractivity contribution in [2.75, 3.05) is 0 Å². The molecule has 0 spiro atoms. The fourth-order valence-electron chi connectivity index (χ4n) is 9.10. The molecule has 12 aromatic rings. The van der Waals surface area contributed by atoms with Crippen LogP contribution in [0.4, 0.5) is 0 Å². The Hall–Kier alpha value is -7.10. The number of benzene rings is 9. The largest absolute Gasteiger partial charge is 0.309 e. The molecule has 0 fully saturated rings. The van der Waals surface area contributed by atoms with E-state index in [9.17, 15) is 0 Å². The Bertz CT molecular complexity index is 3320.